The molecule has 1 atom stereocenters. The number of rotatable bonds is 6. The van der Waals surface area contributed by atoms with Gasteiger partial charge >= 0.3 is 5.97 Å². The Morgan fingerprint density at radius 3 is 2.58 bits per heavy atom. The van der Waals surface area contributed by atoms with Gasteiger partial charge in [-0.2, -0.15) is 12.7 Å². The van der Waals surface area contributed by atoms with Crippen LogP contribution in [0.1, 0.15) is 32.1 Å². The Balaban J connectivity index is 2.02. The van der Waals surface area contributed by atoms with Crippen molar-refractivity contribution in [3.63, 3.8) is 0 Å². The van der Waals surface area contributed by atoms with Gasteiger partial charge in [-0.25, -0.2) is 4.72 Å². The molecule has 0 radical (unpaired) electrons. The molecule has 2 fully saturated rings. The highest BCUT2D eigenvalue weighted by molar-refractivity contribution is 7.87. The number of nitrogens with one attached hydrogen (secondary N) is 1. The van der Waals surface area contributed by atoms with Crippen LogP contribution in [0.3, 0.4) is 0 Å². The largest absolute Gasteiger partial charge is 0.480 e. The van der Waals surface area contributed by atoms with Crippen molar-refractivity contribution in [2.45, 2.75) is 38.1 Å². The topological polar surface area (TPSA) is 107 Å². The Kier molecular flexibility index (Phi) is 4.14. The molecule has 1 unspecified atom stereocenters. The van der Waals surface area contributed by atoms with Gasteiger partial charge in [-0.05, 0) is 32.1 Å². The summed E-state index contributed by atoms with van der Waals surface area (Å²) in [5.74, 6) is -1.10. The fourth-order valence-electron chi connectivity index (χ4n) is 2.33. The van der Waals surface area contributed by atoms with Crippen LogP contribution in [0, 0.1) is 5.41 Å². The zero-order valence-electron chi connectivity index (χ0n) is 10.7. The van der Waals surface area contributed by atoms with Crippen LogP contribution in [-0.4, -0.2) is 54.6 Å². The van der Waals surface area contributed by atoms with Gasteiger partial charge in [0.05, 0.1) is 0 Å². The van der Waals surface area contributed by atoms with E-state index in [1.807, 2.05) is 0 Å². The second-order valence-electron chi connectivity index (χ2n) is 5.44. The maximum Gasteiger partial charge on any atom is 0.322 e. The van der Waals surface area contributed by atoms with Crippen molar-refractivity contribution in [3.8, 4) is 0 Å². The summed E-state index contributed by atoms with van der Waals surface area (Å²) in [6.45, 7) is 0.366. The third kappa shape index (κ3) is 3.25. The number of nitrogens with zero attached hydrogens (tertiary/aromatic N) is 1. The quantitative estimate of drug-likeness (QED) is 0.613. The summed E-state index contributed by atoms with van der Waals surface area (Å²) < 4.78 is 27.8. The predicted molar refractivity (Wildman–Crippen MR) is 67.7 cm³/mol. The summed E-state index contributed by atoms with van der Waals surface area (Å²) >= 11 is 0. The third-order valence-corrected chi connectivity index (χ3v) is 5.53. The number of aliphatic carboxylic acids is 1. The molecule has 110 valence electrons. The second kappa shape index (κ2) is 5.35. The minimum absolute atomic E-state index is 0.0438. The van der Waals surface area contributed by atoms with Crippen LogP contribution in [0.5, 0.6) is 0 Å². The summed E-state index contributed by atoms with van der Waals surface area (Å²) in [6, 6.07) is -0.976. The van der Waals surface area contributed by atoms with Crippen molar-refractivity contribution >= 4 is 16.2 Å². The lowest BCUT2D eigenvalue weighted by Gasteiger charge is -2.32. The lowest BCUT2D eigenvalue weighted by atomic mass is 10.1. The van der Waals surface area contributed by atoms with E-state index in [0.717, 1.165) is 23.6 Å². The van der Waals surface area contributed by atoms with Gasteiger partial charge in [-0.15, -0.1) is 0 Å². The molecule has 0 spiro atoms. The Morgan fingerprint density at radius 1 is 1.37 bits per heavy atom. The van der Waals surface area contributed by atoms with E-state index in [1.54, 1.807) is 0 Å². The average Bonchev–Trinajstić information content (AvgIpc) is 3.17. The Labute approximate surface area is 112 Å². The maximum absolute atomic E-state index is 12.2. The molecule has 1 heterocycles. The van der Waals surface area contributed by atoms with Crippen molar-refractivity contribution in [3.05, 3.63) is 0 Å². The van der Waals surface area contributed by atoms with Crippen LogP contribution in [0.2, 0.25) is 0 Å². The van der Waals surface area contributed by atoms with E-state index >= 15 is 0 Å². The number of aliphatic hydroxyl groups excluding tert-OH is 1. The number of hydrogen-bond donors (Lipinski definition) is 3. The molecule has 0 aromatic heterocycles. The molecule has 2 rings (SSSR count). The molecule has 1 aliphatic heterocycles. The number of aliphatic hydroxyl groups is 1. The first-order chi connectivity index (χ1) is 8.90. The Hall–Kier alpha value is -0.700. The van der Waals surface area contributed by atoms with E-state index in [4.69, 9.17) is 10.2 Å². The molecule has 0 bridgehead atoms. The van der Waals surface area contributed by atoms with E-state index in [1.165, 1.54) is 0 Å². The maximum atomic E-state index is 12.2. The summed E-state index contributed by atoms with van der Waals surface area (Å²) in [5, 5.41) is 18.2. The molecule has 0 aromatic rings. The first-order valence-electron chi connectivity index (χ1n) is 6.50. The van der Waals surface area contributed by atoms with Crippen LogP contribution < -0.4 is 4.72 Å². The van der Waals surface area contributed by atoms with Crippen LogP contribution in [0.25, 0.3) is 0 Å². The number of carbonyl (C=O) groups is 1. The first-order valence-corrected chi connectivity index (χ1v) is 7.94. The highest BCUT2D eigenvalue weighted by atomic mass is 32.2. The van der Waals surface area contributed by atoms with Gasteiger partial charge in [-0.3, -0.25) is 4.79 Å². The molecule has 8 heteroatoms. The molecule has 1 saturated carbocycles. The van der Waals surface area contributed by atoms with E-state index < -0.39 is 22.2 Å². The fourth-order valence-corrected chi connectivity index (χ4v) is 3.89. The molecule has 7 nitrogen and oxygen atoms in total. The molecule has 0 amide bonds. The minimum Gasteiger partial charge on any atom is -0.480 e. The van der Waals surface area contributed by atoms with E-state index in [0.29, 0.717) is 12.8 Å². The SMILES string of the molecule is O=C(O)C1CCCCN1S(=O)(=O)NCC1(CO)CC1. The molecule has 2 aliphatic rings. The first kappa shape index (κ1) is 14.7. The molecule has 1 aliphatic carbocycles. The molecular weight excluding hydrogens is 272 g/mol. The van der Waals surface area contributed by atoms with Crippen molar-refractivity contribution in [2.75, 3.05) is 19.7 Å². The van der Waals surface area contributed by atoms with Crippen molar-refractivity contribution in [1.29, 1.82) is 0 Å². The minimum atomic E-state index is -3.79. The van der Waals surface area contributed by atoms with Gasteiger partial charge in [-0.1, -0.05) is 0 Å². The van der Waals surface area contributed by atoms with Gasteiger partial charge < -0.3 is 10.2 Å². The number of carboxylic acids is 1. The van der Waals surface area contributed by atoms with Crippen LogP contribution in [-0.2, 0) is 15.0 Å². The van der Waals surface area contributed by atoms with Gasteiger partial charge in [0, 0.05) is 25.1 Å². The molecule has 3 N–H and O–H groups in total. The van der Waals surface area contributed by atoms with Crippen molar-refractivity contribution in [1.82, 2.24) is 9.03 Å². The number of piperidine rings is 1. The predicted octanol–water partition coefficient (Wildman–Crippen LogP) is -0.468. The van der Waals surface area contributed by atoms with E-state index in [2.05, 4.69) is 4.72 Å². The van der Waals surface area contributed by atoms with Crippen LogP contribution in [0.4, 0.5) is 0 Å². The molecular formula is C11H20N2O5S. The summed E-state index contributed by atoms with van der Waals surface area (Å²) in [4.78, 5) is 11.1. The average molecular weight is 292 g/mol. The third-order valence-electron chi connectivity index (χ3n) is 3.97. The lowest BCUT2D eigenvalue weighted by Crippen LogP contribution is -2.53. The van der Waals surface area contributed by atoms with Crippen molar-refractivity contribution in [2.24, 2.45) is 5.41 Å². The van der Waals surface area contributed by atoms with Gasteiger partial charge in [0.1, 0.15) is 6.04 Å². The van der Waals surface area contributed by atoms with Crippen LogP contribution >= 0.6 is 0 Å². The standard InChI is InChI=1S/C11H20N2O5S/c14-8-11(4-5-11)7-12-19(17,18)13-6-2-1-3-9(13)10(15)16/h9,12,14H,1-8H2,(H,15,16). The summed E-state index contributed by atoms with van der Waals surface area (Å²) in [6.07, 6.45) is 3.35. The van der Waals surface area contributed by atoms with E-state index in [9.17, 15) is 13.2 Å². The van der Waals surface area contributed by atoms with Gasteiger partial charge in [0.25, 0.3) is 10.2 Å². The molecule has 19 heavy (non-hydrogen) atoms. The summed E-state index contributed by atoms with van der Waals surface area (Å²) in [7, 11) is -3.79. The molecule has 0 aromatic carbocycles. The zero-order valence-corrected chi connectivity index (χ0v) is 11.5. The highest BCUT2D eigenvalue weighted by Gasteiger charge is 2.44. The Morgan fingerprint density at radius 2 is 2.05 bits per heavy atom. The monoisotopic (exact) mass is 292 g/mol. The van der Waals surface area contributed by atoms with Crippen molar-refractivity contribution < 1.29 is 23.4 Å². The van der Waals surface area contributed by atoms with E-state index in [-0.39, 0.29) is 25.1 Å². The normalized spacial score (nSPS) is 27.1. The number of carboxylic acid groups (broad SMARTS) is 1. The van der Waals surface area contributed by atoms with Crippen LogP contribution in [0.15, 0.2) is 0 Å². The molecule has 1 saturated heterocycles. The Bertz CT molecular complexity index is 446. The summed E-state index contributed by atoms with van der Waals surface area (Å²) in [5.41, 5.74) is -0.332. The lowest BCUT2D eigenvalue weighted by molar-refractivity contribution is -0.142. The fraction of sp³-hybridized carbons (Fsp3) is 0.909. The smallest absolute Gasteiger partial charge is 0.322 e. The van der Waals surface area contributed by atoms with Gasteiger partial charge in [0.2, 0.25) is 0 Å². The zero-order chi connectivity index (χ0) is 14.1. The number of hydrogen-bond acceptors (Lipinski definition) is 4. The van der Waals surface area contributed by atoms with Gasteiger partial charge in [0.15, 0.2) is 0 Å². The second-order valence-corrected chi connectivity index (χ2v) is 7.15. The highest BCUT2D eigenvalue weighted by Crippen LogP contribution is 2.44.